The minimum absolute atomic E-state index is 0.184. The Morgan fingerprint density at radius 1 is 0.939 bits per heavy atom. The molecule has 0 aromatic heterocycles. The molecule has 0 unspecified atom stereocenters. The van der Waals surface area contributed by atoms with Gasteiger partial charge in [-0.2, -0.15) is 0 Å². The van der Waals surface area contributed by atoms with Crippen LogP contribution in [0.25, 0.3) is 5.57 Å². The minimum Gasteiger partial charge on any atom is -0.294 e. The molecule has 0 bridgehead atoms. The van der Waals surface area contributed by atoms with Crippen molar-refractivity contribution in [2.75, 3.05) is 0 Å². The van der Waals surface area contributed by atoms with Gasteiger partial charge in [0.25, 0.3) is 0 Å². The first-order valence-electron chi connectivity index (χ1n) is 12.3. The van der Waals surface area contributed by atoms with E-state index in [-0.39, 0.29) is 11.7 Å². The van der Waals surface area contributed by atoms with E-state index < -0.39 is 0 Å². The van der Waals surface area contributed by atoms with E-state index in [4.69, 9.17) is 0 Å². The summed E-state index contributed by atoms with van der Waals surface area (Å²) in [6, 6.07) is 11.2. The van der Waals surface area contributed by atoms with Crippen LogP contribution in [0.3, 0.4) is 0 Å². The van der Waals surface area contributed by atoms with Crippen molar-refractivity contribution >= 4 is 11.4 Å². The van der Waals surface area contributed by atoms with Crippen molar-refractivity contribution in [2.24, 2.45) is 17.3 Å². The highest BCUT2D eigenvalue weighted by molar-refractivity contribution is 5.99. The average molecular weight is 445 g/mol. The van der Waals surface area contributed by atoms with Crippen LogP contribution in [-0.4, -0.2) is 5.78 Å². The molecular formula is C31H37FO. The Hall–Kier alpha value is -2.48. The van der Waals surface area contributed by atoms with Crippen molar-refractivity contribution in [2.45, 2.75) is 73.6 Å². The average Bonchev–Trinajstić information content (AvgIpc) is 2.69. The zero-order valence-corrected chi connectivity index (χ0v) is 21.0. The van der Waals surface area contributed by atoms with E-state index in [1.54, 1.807) is 6.07 Å². The third kappa shape index (κ3) is 4.90. The smallest absolute Gasteiger partial charge is 0.166 e. The van der Waals surface area contributed by atoms with Gasteiger partial charge < -0.3 is 0 Å². The zero-order valence-electron chi connectivity index (χ0n) is 21.0. The van der Waals surface area contributed by atoms with Crippen LogP contribution >= 0.6 is 0 Å². The van der Waals surface area contributed by atoms with E-state index in [1.165, 1.54) is 35.6 Å². The molecule has 4 rings (SSSR count). The normalized spacial score (nSPS) is 25.4. The quantitative estimate of drug-likeness (QED) is 0.322. The molecule has 174 valence electrons. The van der Waals surface area contributed by atoms with Crippen molar-refractivity contribution in [3.8, 4) is 0 Å². The van der Waals surface area contributed by atoms with Gasteiger partial charge in [-0.1, -0.05) is 47.1 Å². The van der Waals surface area contributed by atoms with Crippen LogP contribution in [0.5, 0.6) is 0 Å². The van der Waals surface area contributed by atoms with Gasteiger partial charge in [-0.05, 0) is 119 Å². The van der Waals surface area contributed by atoms with Gasteiger partial charge >= 0.3 is 0 Å². The number of Topliss-reactive ketones (excluding diaryl/α,β-unsaturated/α-hetero) is 1. The fourth-order valence-corrected chi connectivity index (χ4v) is 6.26. The Bertz CT molecular complexity index is 1140. The van der Waals surface area contributed by atoms with Crippen LogP contribution in [-0.2, 0) is 0 Å². The van der Waals surface area contributed by atoms with Crippen molar-refractivity contribution < 1.29 is 9.18 Å². The lowest BCUT2D eigenvalue weighted by Gasteiger charge is -2.58. The Balaban J connectivity index is 1.32. The molecular weight excluding hydrogens is 407 g/mol. The number of hydrogen-bond acceptors (Lipinski definition) is 1. The summed E-state index contributed by atoms with van der Waals surface area (Å²) in [5.74, 6) is 1.10. The molecule has 2 aliphatic carbocycles. The summed E-state index contributed by atoms with van der Waals surface area (Å²) in [6.07, 6.45) is 7.95. The standard InChI is InChI=1S/C31H37FO/c1-19-7-10-28(23(5)11-19)30(33)26-17-31(18-26)15-25(16-31)13-22(4)21(3)12-24(6)29-14-27(32)9-8-20(29)2/h7-12,14,25-26H,13,15-18H2,1-6H3/b22-21-,24-12+. The fourth-order valence-electron chi connectivity index (χ4n) is 6.26. The highest BCUT2D eigenvalue weighted by atomic mass is 19.1. The van der Waals surface area contributed by atoms with E-state index in [9.17, 15) is 9.18 Å². The van der Waals surface area contributed by atoms with Crippen molar-refractivity contribution in [1.29, 1.82) is 0 Å². The maximum absolute atomic E-state index is 13.7. The largest absolute Gasteiger partial charge is 0.294 e. The number of allylic oxidation sites excluding steroid dienone is 4. The molecule has 0 saturated heterocycles. The number of carbonyl (C=O) groups excluding carboxylic acids is 1. The summed E-state index contributed by atoms with van der Waals surface area (Å²) >= 11 is 0. The topological polar surface area (TPSA) is 17.1 Å². The molecule has 2 aliphatic rings. The summed E-state index contributed by atoms with van der Waals surface area (Å²) in [6.45, 7) is 12.6. The van der Waals surface area contributed by atoms with Crippen LogP contribution in [0.4, 0.5) is 4.39 Å². The maximum Gasteiger partial charge on any atom is 0.166 e. The zero-order chi connectivity index (χ0) is 23.9. The second-order valence-electron chi connectivity index (χ2n) is 11.0. The molecule has 1 nitrogen and oxygen atoms in total. The predicted octanol–water partition coefficient (Wildman–Crippen LogP) is 8.57. The van der Waals surface area contributed by atoms with Gasteiger partial charge in [0.15, 0.2) is 5.78 Å². The van der Waals surface area contributed by atoms with E-state index >= 15 is 0 Å². The van der Waals surface area contributed by atoms with Gasteiger partial charge in [-0.3, -0.25) is 4.79 Å². The summed E-state index contributed by atoms with van der Waals surface area (Å²) in [4.78, 5) is 13.0. The molecule has 33 heavy (non-hydrogen) atoms. The second kappa shape index (κ2) is 9.05. The van der Waals surface area contributed by atoms with Crippen LogP contribution in [0, 0.1) is 43.8 Å². The van der Waals surface area contributed by atoms with E-state index in [0.717, 1.165) is 53.0 Å². The SMILES string of the molecule is CC(/C=C(\C)c1cc(F)ccc1C)=C(\C)CC1CC2(C1)CC(C(=O)c1ccc(C)cc1C)C2. The summed E-state index contributed by atoms with van der Waals surface area (Å²) < 4.78 is 13.7. The molecule has 0 radical (unpaired) electrons. The second-order valence-corrected chi connectivity index (χ2v) is 11.0. The van der Waals surface area contributed by atoms with Gasteiger partial charge in [0.05, 0.1) is 0 Å². The highest BCUT2D eigenvalue weighted by Gasteiger charge is 2.54. The molecule has 0 N–H and O–H groups in total. The van der Waals surface area contributed by atoms with Gasteiger partial charge in [-0.25, -0.2) is 4.39 Å². The minimum atomic E-state index is -0.184. The molecule has 2 heteroatoms. The lowest BCUT2D eigenvalue weighted by molar-refractivity contribution is -0.0563. The first-order valence-corrected chi connectivity index (χ1v) is 12.3. The molecule has 0 amide bonds. The molecule has 0 atom stereocenters. The predicted molar refractivity (Wildman–Crippen MR) is 136 cm³/mol. The number of halogens is 1. The number of rotatable bonds is 6. The molecule has 2 fully saturated rings. The fraction of sp³-hybridized carbons (Fsp3) is 0.452. The molecule has 1 spiro atoms. The van der Waals surface area contributed by atoms with Crippen molar-refractivity contribution in [3.63, 3.8) is 0 Å². The maximum atomic E-state index is 13.7. The summed E-state index contributed by atoms with van der Waals surface area (Å²) in [7, 11) is 0. The van der Waals surface area contributed by atoms with Gasteiger partial charge in [0.2, 0.25) is 0 Å². The Morgan fingerprint density at radius 3 is 2.30 bits per heavy atom. The third-order valence-electron chi connectivity index (χ3n) is 8.15. The van der Waals surface area contributed by atoms with Crippen LogP contribution in [0.15, 0.2) is 53.6 Å². The van der Waals surface area contributed by atoms with Crippen molar-refractivity contribution in [1.82, 2.24) is 0 Å². The Labute approximate surface area is 198 Å². The number of hydrogen-bond donors (Lipinski definition) is 0. The lowest BCUT2D eigenvalue weighted by Crippen LogP contribution is -2.49. The molecule has 0 aliphatic heterocycles. The first kappa shape index (κ1) is 23.7. The van der Waals surface area contributed by atoms with Crippen LogP contribution < -0.4 is 0 Å². The first-order chi connectivity index (χ1) is 15.6. The van der Waals surface area contributed by atoms with Crippen LogP contribution in [0.2, 0.25) is 0 Å². The summed E-state index contributed by atoms with van der Waals surface area (Å²) in [5, 5.41) is 0. The molecule has 2 aromatic rings. The number of ketones is 1. The monoisotopic (exact) mass is 444 g/mol. The molecule has 0 heterocycles. The van der Waals surface area contributed by atoms with Crippen LogP contribution in [0.1, 0.15) is 85.5 Å². The lowest BCUT2D eigenvalue weighted by atomic mass is 9.46. The van der Waals surface area contributed by atoms with E-state index in [0.29, 0.717) is 11.2 Å². The third-order valence-corrected chi connectivity index (χ3v) is 8.15. The van der Waals surface area contributed by atoms with E-state index in [2.05, 4.69) is 52.8 Å². The number of benzene rings is 2. The van der Waals surface area contributed by atoms with Gasteiger partial charge in [0, 0.05) is 11.5 Å². The van der Waals surface area contributed by atoms with Crippen molar-refractivity contribution in [3.05, 3.63) is 87.3 Å². The number of aryl methyl sites for hydroxylation is 3. The Morgan fingerprint density at radius 2 is 1.64 bits per heavy atom. The highest BCUT2D eigenvalue weighted by Crippen LogP contribution is 2.62. The number of carbonyl (C=O) groups is 1. The summed E-state index contributed by atoms with van der Waals surface area (Å²) in [5.41, 5.74) is 9.57. The molecule has 2 aromatic carbocycles. The molecule has 2 saturated carbocycles. The Kier molecular flexibility index (Phi) is 6.49. The van der Waals surface area contributed by atoms with E-state index in [1.807, 2.05) is 19.1 Å². The van der Waals surface area contributed by atoms with Gasteiger partial charge in [0.1, 0.15) is 5.82 Å². The van der Waals surface area contributed by atoms with Gasteiger partial charge in [-0.15, -0.1) is 0 Å².